The van der Waals surface area contributed by atoms with Gasteiger partial charge in [-0.3, -0.25) is 9.69 Å². The van der Waals surface area contributed by atoms with Crippen molar-refractivity contribution in [2.45, 2.75) is 44.6 Å². The first-order valence-electron chi connectivity index (χ1n) is 11.0. The Balaban J connectivity index is 1.61. The highest BCUT2D eigenvalue weighted by molar-refractivity contribution is 7.10. The molecule has 0 saturated carbocycles. The number of hydrogen-bond donors (Lipinski definition) is 0. The lowest BCUT2D eigenvalue weighted by Crippen LogP contribution is -2.45. The highest BCUT2D eigenvalue weighted by Crippen LogP contribution is 2.42. The maximum Gasteiger partial charge on any atom is 0.236 e. The highest BCUT2D eigenvalue weighted by atomic mass is 32.1. The Morgan fingerprint density at radius 3 is 2.40 bits per heavy atom. The number of hydrogen-bond acceptors (Lipinski definition) is 5. The van der Waals surface area contributed by atoms with E-state index in [0.717, 1.165) is 50.4 Å². The van der Waals surface area contributed by atoms with Crippen molar-refractivity contribution in [2.75, 3.05) is 40.4 Å². The van der Waals surface area contributed by atoms with Crippen LogP contribution >= 0.6 is 11.3 Å². The van der Waals surface area contributed by atoms with E-state index in [1.165, 1.54) is 35.3 Å². The van der Waals surface area contributed by atoms with Crippen molar-refractivity contribution in [1.82, 2.24) is 9.80 Å². The van der Waals surface area contributed by atoms with E-state index in [1.54, 1.807) is 25.6 Å². The van der Waals surface area contributed by atoms with Crippen LogP contribution in [-0.4, -0.2) is 56.1 Å². The van der Waals surface area contributed by atoms with E-state index >= 15 is 0 Å². The van der Waals surface area contributed by atoms with Gasteiger partial charge in [0.05, 0.1) is 26.8 Å². The summed E-state index contributed by atoms with van der Waals surface area (Å²) in [7, 11) is 3.36. The SMILES string of the molecule is COc1cc2c(cc1OC)[C@@H](c1cccs1)N(CC(=O)N1CCCCCCC1)CC2. The first kappa shape index (κ1) is 21.2. The lowest BCUT2D eigenvalue weighted by molar-refractivity contribution is -0.133. The molecule has 2 aromatic rings. The second kappa shape index (κ2) is 9.84. The van der Waals surface area contributed by atoms with Gasteiger partial charge < -0.3 is 14.4 Å². The molecule has 2 aliphatic heterocycles. The van der Waals surface area contributed by atoms with E-state index < -0.39 is 0 Å². The van der Waals surface area contributed by atoms with Crippen LogP contribution in [0.25, 0.3) is 0 Å². The average molecular weight is 429 g/mol. The average Bonchev–Trinajstić information content (AvgIpc) is 3.26. The van der Waals surface area contributed by atoms with Crippen molar-refractivity contribution in [3.63, 3.8) is 0 Å². The van der Waals surface area contributed by atoms with Gasteiger partial charge in [-0.15, -0.1) is 11.3 Å². The number of rotatable bonds is 5. The summed E-state index contributed by atoms with van der Waals surface area (Å²) in [6.45, 7) is 3.14. The van der Waals surface area contributed by atoms with Crippen LogP contribution in [0.1, 0.15) is 54.1 Å². The zero-order valence-electron chi connectivity index (χ0n) is 18.1. The van der Waals surface area contributed by atoms with E-state index in [2.05, 4.69) is 39.4 Å². The fraction of sp³-hybridized carbons (Fsp3) is 0.542. The Labute approximate surface area is 183 Å². The van der Waals surface area contributed by atoms with Gasteiger partial charge in [-0.1, -0.05) is 25.3 Å². The smallest absolute Gasteiger partial charge is 0.236 e. The lowest BCUT2D eigenvalue weighted by atomic mass is 9.90. The minimum Gasteiger partial charge on any atom is -0.493 e. The molecule has 0 N–H and O–H groups in total. The Morgan fingerprint density at radius 1 is 1.03 bits per heavy atom. The minimum absolute atomic E-state index is 0.0762. The molecule has 0 aliphatic carbocycles. The number of nitrogens with zero attached hydrogens (tertiary/aromatic N) is 2. The van der Waals surface area contributed by atoms with Crippen LogP contribution in [0, 0.1) is 0 Å². The van der Waals surface area contributed by atoms with E-state index in [0.29, 0.717) is 6.54 Å². The van der Waals surface area contributed by atoms with Gasteiger partial charge in [0.15, 0.2) is 11.5 Å². The number of ether oxygens (including phenoxy) is 2. The first-order valence-corrected chi connectivity index (χ1v) is 11.9. The van der Waals surface area contributed by atoms with Crippen molar-refractivity contribution in [3.8, 4) is 11.5 Å². The molecule has 1 saturated heterocycles. The van der Waals surface area contributed by atoms with Crippen LogP contribution in [-0.2, 0) is 11.2 Å². The molecule has 3 heterocycles. The summed E-state index contributed by atoms with van der Waals surface area (Å²) in [5.74, 6) is 1.78. The van der Waals surface area contributed by atoms with Gasteiger partial charge in [-0.2, -0.15) is 0 Å². The van der Waals surface area contributed by atoms with Crippen LogP contribution < -0.4 is 9.47 Å². The monoisotopic (exact) mass is 428 g/mol. The number of fused-ring (bicyclic) bond motifs is 1. The molecule has 1 aromatic carbocycles. The summed E-state index contributed by atoms with van der Waals surface area (Å²) in [4.78, 5) is 18.9. The van der Waals surface area contributed by atoms with E-state index in [1.807, 2.05) is 0 Å². The first-order chi connectivity index (χ1) is 14.7. The molecule has 5 nitrogen and oxygen atoms in total. The molecule has 0 spiro atoms. The summed E-state index contributed by atoms with van der Waals surface area (Å²) in [6, 6.07) is 8.55. The van der Waals surface area contributed by atoms with Gasteiger partial charge in [0.2, 0.25) is 5.91 Å². The molecular formula is C24H32N2O3S. The standard InChI is InChI=1S/C24H32N2O3S/c1-28-20-15-18-10-13-26(17-23(27)25-11-6-4-3-5-7-12-25)24(22-9-8-14-30-22)19(18)16-21(20)29-2/h8-9,14-16,24H,3-7,10-13,17H2,1-2H3/t24-/m0/s1. The Bertz CT molecular complexity index is 844. The van der Waals surface area contributed by atoms with Crippen LogP contribution in [0.3, 0.4) is 0 Å². The van der Waals surface area contributed by atoms with Crippen molar-refractivity contribution >= 4 is 17.2 Å². The third-order valence-electron chi connectivity index (χ3n) is 6.33. The molecule has 1 atom stereocenters. The topological polar surface area (TPSA) is 42.0 Å². The van der Waals surface area contributed by atoms with Gasteiger partial charge in [0.1, 0.15) is 0 Å². The Hall–Kier alpha value is -2.05. The summed E-state index contributed by atoms with van der Waals surface area (Å²) in [6.07, 6.45) is 6.93. The number of thiophene rings is 1. The molecule has 4 rings (SSSR count). The zero-order chi connectivity index (χ0) is 20.9. The fourth-order valence-electron chi connectivity index (χ4n) is 4.72. The molecule has 6 heteroatoms. The second-order valence-electron chi connectivity index (χ2n) is 8.19. The summed E-state index contributed by atoms with van der Waals surface area (Å²) >= 11 is 1.75. The third kappa shape index (κ3) is 4.49. The zero-order valence-corrected chi connectivity index (χ0v) is 18.9. The molecular weight excluding hydrogens is 396 g/mol. The number of amides is 1. The molecule has 2 aliphatic rings. The van der Waals surface area contributed by atoms with E-state index in [-0.39, 0.29) is 11.9 Å². The van der Waals surface area contributed by atoms with E-state index in [9.17, 15) is 4.79 Å². The molecule has 1 aromatic heterocycles. The number of likely N-dealkylation sites (tertiary alicyclic amines) is 1. The van der Waals surface area contributed by atoms with Gasteiger partial charge in [0, 0.05) is 24.5 Å². The fourth-order valence-corrected chi connectivity index (χ4v) is 5.60. The Kier molecular flexibility index (Phi) is 6.95. The van der Waals surface area contributed by atoms with Crippen molar-refractivity contribution in [1.29, 1.82) is 0 Å². The predicted octanol–water partition coefficient (Wildman–Crippen LogP) is 4.51. The minimum atomic E-state index is 0.0762. The maximum atomic E-state index is 13.2. The van der Waals surface area contributed by atoms with Crippen molar-refractivity contribution in [3.05, 3.63) is 45.6 Å². The summed E-state index contributed by atoms with van der Waals surface area (Å²) < 4.78 is 11.1. The normalized spacial score (nSPS) is 20.2. The molecule has 30 heavy (non-hydrogen) atoms. The van der Waals surface area contributed by atoms with Crippen molar-refractivity contribution in [2.24, 2.45) is 0 Å². The summed E-state index contributed by atoms with van der Waals surface area (Å²) in [5, 5.41) is 2.11. The van der Waals surface area contributed by atoms with Crippen molar-refractivity contribution < 1.29 is 14.3 Å². The molecule has 0 radical (unpaired) electrons. The number of carbonyl (C=O) groups is 1. The number of benzene rings is 1. The van der Waals surface area contributed by atoms with Gasteiger partial charge >= 0.3 is 0 Å². The number of methoxy groups -OCH3 is 2. The number of carbonyl (C=O) groups excluding carboxylic acids is 1. The molecule has 1 amide bonds. The maximum absolute atomic E-state index is 13.2. The van der Waals surface area contributed by atoms with Crippen LogP contribution in [0.5, 0.6) is 11.5 Å². The van der Waals surface area contributed by atoms with Crippen LogP contribution in [0.4, 0.5) is 0 Å². The molecule has 0 unspecified atom stereocenters. The molecule has 0 bridgehead atoms. The van der Waals surface area contributed by atoms with Gasteiger partial charge in [0.25, 0.3) is 0 Å². The third-order valence-corrected chi connectivity index (χ3v) is 7.26. The van der Waals surface area contributed by atoms with Gasteiger partial charge in [-0.25, -0.2) is 0 Å². The Morgan fingerprint density at radius 2 is 1.73 bits per heavy atom. The molecule has 1 fully saturated rings. The quantitative estimate of drug-likeness (QED) is 0.703. The van der Waals surface area contributed by atoms with Gasteiger partial charge in [-0.05, 0) is 54.0 Å². The van der Waals surface area contributed by atoms with E-state index in [4.69, 9.17) is 9.47 Å². The molecule has 162 valence electrons. The highest BCUT2D eigenvalue weighted by Gasteiger charge is 2.33. The summed E-state index contributed by atoms with van der Waals surface area (Å²) in [5.41, 5.74) is 2.50. The second-order valence-corrected chi connectivity index (χ2v) is 9.17. The predicted molar refractivity (Wildman–Crippen MR) is 121 cm³/mol. The van der Waals surface area contributed by atoms with Crippen LogP contribution in [0.15, 0.2) is 29.6 Å². The van der Waals surface area contributed by atoms with Crippen LogP contribution in [0.2, 0.25) is 0 Å². The lowest BCUT2D eigenvalue weighted by Gasteiger charge is -2.38. The largest absolute Gasteiger partial charge is 0.493 e.